The third kappa shape index (κ3) is 12.6. The molecule has 9 rings (SSSR count). The Morgan fingerprint density at radius 2 is 1.35 bits per heavy atom. The Morgan fingerprint density at radius 3 is 1.88 bits per heavy atom. The number of rotatable bonds is 22. The van der Waals surface area contributed by atoms with Crippen LogP contribution in [0.4, 0.5) is 5.13 Å². The Hall–Kier alpha value is -8.61. The van der Waals surface area contributed by atoms with Crippen molar-refractivity contribution in [3.05, 3.63) is 228 Å². The molecule has 3 atom stereocenters. The number of thiocarbonyl (C=S) groups is 1. The van der Waals surface area contributed by atoms with E-state index in [2.05, 4.69) is 26.0 Å². The molecule has 0 aliphatic carbocycles. The van der Waals surface area contributed by atoms with Gasteiger partial charge in [0, 0.05) is 31.8 Å². The molecule has 7 aromatic rings. The fraction of sp³-hybridized carbons (Fsp3) is 0.254. The summed E-state index contributed by atoms with van der Waals surface area (Å²) in [4.78, 5) is 94.6. The summed E-state index contributed by atoms with van der Waals surface area (Å²) in [5.41, 5.74) is -0.887. The molecule has 3 N–H and O–H groups in total. The molecule has 3 unspecified atom stereocenters. The number of carbonyl (C=O) groups excluding carboxylic acids is 4. The summed E-state index contributed by atoms with van der Waals surface area (Å²) in [7, 11) is 0.608. The van der Waals surface area contributed by atoms with Crippen LogP contribution < -0.4 is 21.8 Å². The lowest BCUT2D eigenvalue weighted by Crippen LogP contribution is -2.74. The fourth-order valence-corrected chi connectivity index (χ4v) is 12.3. The number of esters is 2. The number of aromatic amines is 1. The fourth-order valence-electron chi connectivity index (χ4n) is 9.52. The van der Waals surface area contributed by atoms with E-state index in [1.165, 1.54) is 14.2 Å². The second-order valence-electron chi connectivity index (χ2n) is 19.7. The largest absolute Gasteiger partial charge is 0.457 e. The van der Waals surface area contributed by atoms with Gasteiger partial charge in [0.05, 0.1) is 22.2 Å². The first-order chi connectivity index (χ1) is 39.5. The smallest absolute Gasteiger partial charge is 0.356 e. The highest BCUT2D eigenvalue weighted by Gasteiger charge is 2.58. The monoisotopic (exact) mass is 1160 g/mol. The summed E-state index contributed by atoms with van der Waals surface area (Å²) in [6.45, 7) is 4.02. The van der Waals surface area contributed by atoms with Crippen LogP contribution >= 0.6 is 23.6 Å². The molecular weight excluding hydrogens is 1110 g/mol. The number of hydrogen-bond donors (Lipinski definition) is 3. The third-order valence-corrected chi connectivity index (χ3v) is 15.9. The number of β-lactam (4-membered cyclic amide) rings is 1. The number of nitrogens with one attached hydrogen (secondary N) is 3. The average molecular weight is 1170 g/mol. The van der Waals surface area contributed by atoms with Gasteiger partial charge in [0.1, 0.15) is 33.9 Å². The number of H-pyrrole nitrogens is 1. The standard InChI is InChI=1S/C59H56N8O12S3/c1-58(2,3)79-44(68)33-77-65-46(42-34-81-57(60-42)62-59(39-25-15-8-16-26-39,40-27-17-9-18-28-40)41-29-19-10-20-30-41)51(69)61-47-53(71)67-48(56(73)78-49(36-21-11-6-12-22-36)37-23-13-7-14-24-37)38(35-82(74)55(47)67)31-43(80)50-63-64-52(70)54(72)66(50)32-45(75-4)76-5/h6-30,34,45,47,49,55H,31-33,35H2,1-5H3,(H,60,62)(H,61,69)(H,64,70). The quantitative estimate of drug-likeness (QED) is 0.00777. The van der Waals surface area contributed by atoms with Crippen molar-refractivity contribution >= 4 is 73.8 Å². The molecule has 2 aliphatic rings. The van der Waals surface area contributed by atoms with Crippen molar-refractivity contribution in [3.63, 3.8) is 0 Å². The summed E-state index contributed by atoms with van der Waals surface area (Å²) >= 11 is 7.01. The van der Waals surface area contributed by atoms with Gasteiger partial charge in [-0.3, -0.25) is 32.9 Å². The predicted molar refractivity (Wildman–Crippen MR) is 310 cm³/mol. The van der Waals surface area contributed by atoms with Gasteiger partial charge in [-0.1, -0.05) is 169 Å². The van der Waals surface area contributed by atoms with E-state index in [1.54, 1.807) is 86.8 Å². The molecule has 422 valence electrons. The van der Waals surface area contributed by atoms with E-state index >= 15 is 4.79 Å². The second-order valence-corrected chi connectivity index (χ2v) is 22.6. The molecule has 0 saturated carbocycles. The molecular formula is C59H56N8O12S3. The van der Waals surface area contributed by atoms with Crippen LogP contribution in [0, 0.1) is 0 Å². The first-order valence-corrected chi connectivity index (χ1v) is 28.3. The van der Waals surface area contributed by atoms with Gasteiger partial charge in [0.15, 0.2) is 29.1 Å². The van der Waals surface area contributed by atoms with Crippen LogP contribution in [0.3, 0.4) is 0 Å². The maximum atomic E-state index is 15.0. The van der Waals surface area contributed by atoms with E-state index < -0.39 is 92.9 Å². The maximum Gasteiger partial charge on any atom is 0.356 e. The van der Waals surface area contributed by atoms with Crippen molar-refractivity contribution < 1.29 is 47.2 Å². The number of nitrogens with zero attached hydrogens (tertiary/aromatic N) is 5. The van der Waals surface area contributed by atoms with Gasteiger partial charge >= 0.3 is 23.1 Å². The van der Waals surface area contributed by atoms with Crippen molar-refractivity contribution in [2.75, 3.05) is 31.9 Å². The number of benzene rings is 5. The van der Waals surface area contributed by atoms with Gasteiger partial charge in [0.25, 0.3) is 11.8 Å². The highest BCUT2D eigenvalue weighted by Crippen LogP contribution is 2.42. The Bertz CT molecular complexity index is 3550. The molecule has 0 spiro atoms. The number of fused-ring (bicyclic) bond motifs is 1. The lowest BCUT2D eigenvalue weighted by molar-refractivity contribution is -0.160. The van der Waals surface area contributed by atoms with Crippen LogP contribution in [0.5, 0.6) is 0 Å². The highest BCUT2D eigenvalue weighted by molar-refractivity contribution is 7.86. The van der Waals surface area contributed by atoms with E-state index in [0.717, 1.165) is 37.5 Å². The van der Waals surface area contributed by atoms with Crippen LogP contribution in [-0.2, 0) is 65.8 Å². The Labute approximate surface area is 482 Å². The van der Waals surface area contributed by atoms with Crippen LogP contribution in [0.2, 0.25) is 0 Å². The Kier molecular flexibility index (Phi) is 18.0. The molecule has 5 aromatic carbocycles. The van der Waals surface area contributed by atoms with Gasteiger partial charge in [0.2, 0.25) is 6.61 Å². The van der Waals surface area contributed by atoms with Gasteiger partial charge in [-0.05, 0) is 54.2 Å². The zero-order valence-corrected chi connectivity index (χ0v) is 47.5. The van der Waals surface area contributed by atoms with Gasteiger partial charge < -0.3 is 34.4 Å². The minimum atomic E-state index is -2.06. The number of anilines is 1. The first kappa shape index (κ1) is 58.1. The average Bonchev–Trinajstić information content (AvgIpc) is 3.69. The number of amides is 2. The van der Waals surface area contributed by atoms with Crippen LogP contribution in [0.15, 0.2) is 183 Å². The molecule has 4 heterocycles. The van der Waals surface area contributed by atoms with Crippen molar-refractivity contribution in [1.29, 1.82) is 0 Å². The molecule has 2 aliphatic heterocycles. The van der Waals surface area contributed by atoms with E-state index in [1.807, 2.05) is 91.0 Å². The van der Waals surface area contributed by atoms with Crippen molar-refractivity contribution in [1.82, 2.24) is 30.0 Å². The summed E-state index contributed by atoms with van der Waals surface area (Å²) in [6, 6.07) is 45.6. The van der Waals surface area contributed by atoms with E-state index in [-0.39, 0.29) is 46.4 Å². The minimum Gasteiger partial charge on any atom is -0.457 e. The van der Waals surface area contributed by atoms with E-state index in [9.17, 15) is 28.2 Å². The highest BCUT2D eigenvalue weighted by atomic mass is 32.2. The number of hydrogen-bond acceptors (Lipinski definition) is 18. The maximum absolute atomic E-state index is 15.0. The third-order valence-electron chi connectivity index (χ3n) is 13.2. The summed E-state index contributed by atoms with van der Waals surface area (Å²) in [5.74, 6) is -4.21. The Balaban J connectivity index is 1.07. The molecule has 1 fully saturated rings. The lowest BCUT2D eigenvalue weighted by atomic mass is 9.77. The molecule has 0 bridgehead atoms. The van der Waals surface area contributed by atoms with Crippen LogP contribution in [0.25, 0.3) is 0 Å². The summed E-state index contributed by atoms with van der Waals surface area (Å²) in [6.07, 6.45) is -2.39. The van der Waals surface area contributed by atoms with Crippen molar-refractivity contribution in [2.45, 2.75) is 68.7 Å². The zero-order chi connectivity index (χ0) is 58.1. The molecule has 82 heavy (non-hydrogen) atoms. The molecule has 23 heteroatoms. The zero-order valence-electron chi connectivity index (χ0n) is 45.0. The number of aromatic nitrogens is 4. The topological polar surface area (TPSA) is 252 Å². The van der Waals surface area contributed by atoms with Crippen molar-refractivity contribution in [3.8, 4) is 0 Å². The van der Waals surface area contributed by atoms with E-state index in [0.29, 0.717) is 16.3 Å². The number of methoxy groups -OCH3 is 2. The number of carbonyl (C=O) groups is 4. The predicted octanol–water partition coefficient (Wildman–Crippen LogP) is 6.28. The van der Waals surface area contributed by atoms with Crippen molar-refractivity contribution in [2.24, 2.45) is 5.16 Å². The molecule has 2 amide bonds. The molecule has 2 aromatic heterocycles. The van der Waals surface area contributed by atoms with Crippen LogP contribution in [0.1, 0.15) is 72.6 Å². The minimum absolute atomic E-state index is 0.0184. The van der Waals surface area contributed by atoms with Gasteiger partial charge in [-0.2, -0.15) is 5.10 Å². The molecule has 1 saturated heterocycles. The second kappa shape index (κ2) is 25.5. The number of ether oxygens (including phenoxy) is 4. The summed E-state index contributed by atoms with van der Waals surface area (Å²) in [5, 5.41) is 17.2. The molecule has 0 radical (unpaired) electrons. The Morgan fingerprint density at radius 1 is 0.817 bits per heavy atom. The van der Waals surface area contributed by atoms with E-state index in [4.69, 9.17) is 41.0 Å². The lowest BCUT2D eigenvalue weighted by Gasteiger charge is -2.49. The first-order valence-electron chi connectivity index (χ1n) is 25.7. The summed E-state index contributed by atoms with van der Waals surface area (Å²) < 4.78 is 38.0. The number of thiazole rings is 1. The normalized spacial score (nSPS) is 16.3. The van der Waals surface area contributed by atoms with Gasteiger partial charge in [-0.25, -0.2) is 19.7 Å². The SMILES string of the molecule is COC(Cn1c(C(=S)CC2=C(C(=O)OC(c3ccccc3)c3ccccc3)N3C(=O)C(NC(=O)C(=NOCC(=O)OC(C)(C)C)c4csc(NC(c5ccccc5)(c5ccccc5)c5ccccc5)n4)C3S(=O)C2)n[nH]c(=O)c1=O)OC. The molecule has 20 nitrogen and oxygen atoms in total. The van der Waals surface area contributed by atoms with Gasteiger partial charge in [-0.15, -0.1) is 11.3 Å². The van der Waals surface area contributed by atoms with Crippen LogP contribution in [-0.4, -0.2) is 113 Å². The number of oxime groups is 1.